The van der Waals surface area contributed by atoms with Crippen LogP contribution >= 0.6 is 11.8 Å². The molecule has 2 N–H and O–H groups in total. The van der Waals surface area contributed by atoms with Crippen molar-refractivity contribution in [1.29, 1.82) is 0 Å². The van der Waals surface area contributed by atoms with Gasteiger partial charge in [0.15, 0.2) is 5.16 Å². The van der Waals surface area contributed by atoms with Crippen LogP contribution in [0.4, 0.5) is 5.95 Å². The van der Waals surface area contributed by atoms with Crippen LogP contribution in [0, 0.1) is 0 Å². The van der Waals surface area contributed by atoms with Gasteiger partial charge in [0.25, 0.3) is 0 Å². The lowest BCUT2D eigenvalue weighted by atomic mass is 10.4. The van der Waals surface area contributed by atoms with Crippen LogP contribution in [0.25, 0.3) is 0 Å². The highest BCUT2D eigenvalue weighted by atomic mass is 32.2. The van der Waals surface area contributed by atoms with Crippen LogP contribution < -0.4 is 5.73 Å². The summed E-state index contributed by atoms with van der Waals surface area (Å²) in [4.78, 5) is 11.2. The van der Waals surface area contributed by atoms with Gasteiger partial charge in [-0.25, -0.2) is 4.79 Å². The van der Waals surface area contributed by atoms with E-state index in [0.717, 1.165) is 0 Å². The Morgan fingerprint density at radius 1 is 1.56 bits per heavy atom. The number of nitrogens with two attached hydrogens (primary N) is 1. The second kappa shape index (κ2) is 5.13. The highest BCUT2D eigenvalue weighted by molar-refractivity contribution is 7.98. The monoisotopic (exact) mass is 268 g/mol. The fraction of sp³-hybridized carbons (Fsp3) is 0.300. The summed E-state index contributed by atoms with van der Waals surface area (Å²) in [6.45, 7) is 0. The van der Waals surface area contributed by atoms with Crippen molar-refractivity contribution in [2.45, 2.75) is 10.9 Å². The predicted octanol–water partition coefficient (Wildman–Crippen LogP) is 1.07. The molecule has 2 heterocycles. The second-order valence-electron chi connectivity index (χ2n) is 3.45. The molecule has 0 fully saturated rings. The zero-order chi connectivity index (χ0) is 13.1. The van der Waals surface area contributed by atoms with Gasteiger partial charge in [-0.05, 0) is 12.1 Å². The van der Waals surface area contributed by atoms with Gasteiger partial charge in [0.05, 0.1) is 12.9 Å². The number of furan rings is 1. The Labute approximate surface area is 107 Å². The molecule has 0 amide bonds. The van der Waals surface area contributed by atoms with E-state index in [1.165, 1.54) is 18.9 Å². The molecule has 0 atom stereocenters. The van der Waals surface area contributed by atoms with E-state index in [1.54, 1.807) is 23.7 Å². The van der Waals surface area contributed by atoms with Crippen LogP contribution in [0.15, 0.2) is 21.7 Å². The summed E-state index contributed by atoms with van der Waals surface area (Å²) in [5.41, 5.74) is 5.56. The van der Waals surface area contributed by atoms with Crippen molar-refractivity contribution in [3.63, 3.8) is 0 Å². The average Bonchev–Trinajstić information content (AvgIpc) is 2.96. The highest BCUT2D eigenvalue weighted by Gasteiger charge is 2.12. The van der Waals surface area contributed by atoms with E-state index in [-0.39, 0.29) is 5.76 Å². The minimum Gasteiger partial charge on any atom is -0.463 e. The molecule has 0 bridgehead atoms. The molecule has 2 aromatic heterocycles. The van der Waals surface area contributed by atoms with Gasteiger partial charge in [-0.15, -0.1) is 10.2 Å². The van der Waals surface area contributed by atoms with Gasteiger partial charge in [-0.2, -0.15) is 0 Å². The summed E-state index contributed by atoms with van der Waals surface area (Å²) in [6, 6.07) is 3.30. The third-order valence-electron chi connectivity index (χ3n) is 2.26. The number of hydrogen-bond donors (Lipinski definition) is 1. The van der Waals surface area contributed by atoms with E-state index in [2.05, 4.69) is 14.9 Å². The molecule has 0 spiro atoms. The Kier molecular flexibility index (Phi) is 3.56. The fourth-order valence-electron chi connectivity index (χ4n) is 1.25. The van der Waals surface area contributed by atoms with Crippen molar-refractivity contribution in [2.75, 3.05) is 12.8 Å². The number of nitrogen functional groups attached to an aromatic ring is 1. The molecular formula is C10H12N4O3S. The minimum absolute atomic E-state index is 0.186. The SMILES string of the molecule is COC(=O)c1ccc(CSc2nnc(N)n2C)o1. The summed E-state index contributed by atoms with van der Waals surface area (Å²) in [6.07, 6.45) is 0. The lowest BCUT2D eigenvalue weighted by Gasteiger charge is -1.99. The number of rotatable bonds is 4. The Morgan fingerprint density at radius 2 is 2.33 bits per heavy atom. The van der Waals surface area contributed by atoms with Crippen LogP contribution in [0.1, 0.15) is 16.3 Å². The number of nitrogens with zero attached hydrogens (tertiary/aromatic N) is 3. The Morgan fingerprint density at radius 3 is 2.94 bits per heavy atom. The zero-order valence-electron chi connectivity index (χ0n) is 9.91. The first-order valence-electron chi connectivity index (χ1n) is 5.06. The first-order valence-corrected chi connectivity index (χ1v) is 6.05. The van der Waals surface area contributed by atoms with Gasteiger partial charge < -0.3 is 14.9 Å². The molecule has 7 nitrogen and oxygen atoms in total. The minimum atomic E-state index is -0.492. The van der Waals surface area contributed by atoms with Crippen molar-refractivity contribution in [3.8, 4) is 0 Å². The molecule has 96 valence electrons. The molecule has 8 heteroatoms. The smallest absolute Gasteiger partial charge is 0.373 e. The molecule has 0 radical (unpaired) electrons. The molecule has 0 saturated carbocycles. The first kappa shape index (κ1) is 12.5. The second-order valence-corrected chi connectivity index (χ2v) is 4.39. The van der Waals surface area contributed by atoms with Crippen molar-refractivity contribution < 1.29 is 13.9 Å². The molecule has 0 aliphatic carbocycles. The molecule has 2 rings (SSSR count). The normalized spacial score (nSPS) is 10.6. The van der Waals surface area contributed by atoms with Crippen molar-refractivity contribution in [3.05, 3.63) is 23.7 Å². The molecular weight excluding hydrogens is 256 g/mol. The van der Waals surface area contributed by atoms with Gasteiger partial charge in [0.2, 0.25) is 11.7 Å². The van der Waals surface area contributed by atoms with E-state index in [0.29, 0.717) is 22.6 Å². The maximum Gasteiger partial charge on any atom is 0.373 e. The van der Waals surface area contributed by atoms with E-state index < -0.39 is 5.97 Å². The van der Waals surface area contributed by atoms with E-state index >= 15 is 0 Å². The largest absolute Gasteiger partial charge is 0.463 e. The number of thioether (sulfide) groups is 1. The number of hydrogen-bond acceptors (Lipinski definition) is 7. The van der Waals surface area contributed by atoms with Gasteiger partial charge in [-0.3, -0.25) is 4.57 Å². The van der Waals surface area contributed by atoms with Crippen LogP contribution in [-0.2, 0) is 17.5 Å². The Bertz CT molecular complexity index is 563. The number of methoxy groups -OCH3 is 1. The maximum atomic E-state index is 11.2. The lowest BCUT2D eigenvalue weighted by Crippen LogP contribution is -1.98. The maximum absolute atomic E-state index is 11.2. The fourth-order valence-corrected chi connectivity index (χ4v) is 2.07. The Balaban J connectivity index is 2.00. The molecule has 0 unspecified atom stereocenters. The highest BCUT2D eigenvalue weighted by Crippen LogP contribution is 2.22. The first-order chi connectivity index (χ1) is 8.61. The summed E-state index contributed by atoms with van der Waals surface area (Å²) in [5.74, 6) is 1.23. The van der Waals surface area contributed by atoms with Gasteiger partial charge in [-0.1, -0.05) is 11.8 Å². The quantitative estimate of drug-likeness (QED) is 0.654. The van der Waals surface area contributed by atoms with Gasteiger partial charge >= 0.3 is 5.97 Å². The number of esters is 1. The summed E-state index contributed by atoms with van der Waals surface area (Å²) in [5, 5.41) is 8.33. The molecule has 0 aromatic carbocycles. The molecule has 0 saturated heterocycles. The average molecular weight is 268 g/mol. The molecule has 0 aliphatic heterocycles. The number of aromatic nitrogens is 3. The van der Waals surface area contributed by atoms with Crippen LogP contribution in [0.5, 0.6) is 0 Å². The molecule has 0 aliphatic rings. The number of ether oxygens (including phenoxy) is 1. The number of carbonyl (C=O) groups excluding carboxylic acids is 1. The zero-order valence-corrected chi connectivity index (χ0v) is 10.7. The topological polar surface area (TPSA) is 96.2 Å². The Hall–Kier alpha value is -1.96. The molecule has 2 aromatic rings. The van der Waals surface area contributed by atoms with Gasteiger partial charge in [0, 0.05) is 7.05 Å². The summed E-state index contributed by atoms with van der Waals surface area (Å²) < 4.78 is 11.5. The predicted molar refractivity (Wildman–Crippen MR) is 65.0 cm³/mol. The van der Waals surface area contributed by atoms with E-state index in [4.69, 9.17) is 10.2 Å². The lowest BCUT2D eigenvalue weighted by molar-refractivity contribution is 0.0563. The number of anilines is 1. The van der Waals surface area contributed by atoms with E-state index in [9.17, 15) is 4.79 Å². The molecule has 18 heavy (non-hydrogen) atoms. The van der Waals surface area contributed by atoms with Crippen LogP contribution in [0.3, 0.4) is 0 Å². The van der Waals surface area contributed by atoms with Gasteiger partial charge in [0.1, 0.15) is 5.76 Å². The van der Waals surface area contributed by atoms with Crippen LogP contribution in [-0.4, -0.2) is 27.8 Å². The number of carbonyl (C=O) groups is 1. The van der Waals surface area contributed by atoms with E-state index in [1.807, 2.05) is 0 Å². The van der Waals surface area contributed by atoms with Crippen molar-refractivity contribution >= 4 is 23.7 Å². The van der Waals surface area contributed by atoms with Crippen LogP contribution in [0.2, 0.25) is 0 Å². The standard InChI is InChI=1S/C10H12N4O3S/c1-14-9(11)12-13-10(14)18-5-6-3-4-7(17-6)8(15)16-2/h3-4H,5H2,1-2H3,(H2,11,12). The van der Waals surface area contributed by atoms with Crippen molar-refractivity contribution in [2.24, 2.45) is 7.05 Å². The summed E-state index contributed by atoms with van der Waals surface area (Å²) >= 11 is 1.42. The summed E-state index contributed by atoms with van der Waals surface area (Å²) in [7, 11) is 3.08. The third kappa shape index (κ3) is 2.48. The third-order valence-corrected chi connectivity index (χ3v) is 3.30. The van der Waals surface area contributed by atoms with Crippen molar-refractivity contribution in [1.82, 2.24) is 14.8 Å².